The van der Waals surface area contributed by atoms with E-state index < -0.39 is 63.7 Å². The fourth-order valence-electron chi connectivity index (χ4n) is 5.89. The lowest BCUT2D eigenvalue weighted by Crippen LogP contribution is -2.59. The van der Waals surface area contributed by atoms with E-state index in [1.54, 1.807) is 53.4 Å². The Balaban J connectivity index is 1.51. The molecule has 0 radical (unpaired) electrons. The van der Waals surface area contributed by atoms with Gasteiger partial charge in [-0.3, -0.25) is 9.59 Å². The minimum Gasteiger partial charge on any atom is -0.481 e. The van der Waals surface area contributed by atoms with Crippen molar-refractivity contribution >= 4 is 50.9 Å². The van der Waals surface area contributed by atoms with Gasteiger partial charge in [0.1, 0.15) is 12.2 Å². The summed E-state index contributed by atoms with van der Waals surface area (Å²) in [5.74, 6) is -3.07. The first-order valence-corrected chi connectivity index (χ1v) is 16.6. The maximum absolute atomic E-state index is 15.2. The molecular formula is C31H30Cl2FN3O6S. The Hall–Kier alpha value is -3.25. The lowest BCUT2D eigenvalue weighted by molar-refractivity contribution is -0.183. The largest absolute Gasteiger partial charge is 0.481 e. The van der Waals surface area contributed by atoms with Crippen molar-refractivity contribution < 1.29 is 32.2 Å². The van der Waals surface area contributed by atoms with Gasteiger partial charge in [0.2, 0.25) is 10.0 Å². The molecule has 232 valence electrons. The Bertz CT molecular complexity index is 1670. The second-order valence-electron chi connectivity index (χ2n) is 11.4. The number of carboxylic acid groups (broad SMARTS) is 1. The summed E-state index contributed by atoms with van der Waals surface area (Å²) in [4.78, 5) is 31.9. The van der Waals surface area contributed by atoms with E-state index in [9.17, 15) is 23.1 Å². The summed E-state index contributed by atoms with van der Waals surface area (Å²) < 4.78 is 50.1. The van der Waals surface area contributed by atoms with E-state index in [0.717, 1.165) is 10.4 Å². The van der Waals surface area contributed by atoms with Gasteiger partial charge in [0.25, 0.3) is 5.91 Å². The van der Waals surface area contributed by atoms with E-state index >= 15 is 4.39 Å². The third-order valence-electron chi connectivity index (χ3n) is 8.28. The molecule has 6 rings (SSSR count). The van der Waals surface area contributed by atoms with Crippen LogP contribution in [0.15, 0.2) is 66.9 Å². The predicted octanol–water partition coefficient (Wildman–Crippen LogP) is 5.79. The molecule has 0 spiro atoms. The highest BCUT2D eigenvalue weighted by molar-refractivity contribution is 7.93. The van der Waals surface area contributed by atoms with Crippen LogP contribution in [0.4, 0.5) is 10.2 Å². The molecule has 3 aromatic rings. The van der Waals surface area contributed by atoms with Crippen LogP contribution in [0.2, 0.25) is 10.0 Å². The zero-order chi connectivity index (χ0) is 31.2. The van der Waals surface area contributed by atoms with Crippen molar-refractivity contribution in [1.29, 1.82) is 0 Å². The normalized spacial score (nSPS) is 22.9. The zero-order valence-electron chi connectivity index (χ0n) is 23.4. The van der Waals surface area contributed by atoms with Gasteiger partial charge in [-0.2, -0.15) is 0 Å². The number of carboxylic acids is 1. The van der Waals surface area contributed by atoms with Crippen molar-refractivity contribution in [2.45, 2.75) is 61.6 Å². The topological polar surface area (TPSA) is 117 Å². The molecule has 3 aliphatic rings. The minimum absolute atomic E-state index is 0.124. The number of anilines is 1. The van der Waals surface area contributed by atoms with Crippen molar-refractivity contribution in [2.75, 3.05) is 10.8 Å². The number of aromatic nitrogens is 1. The third kappa shape index (κ3) is 6.28. The number of pyridine rings is 1. The summed E-state index contributed by atoms with van der Waals surface area (Å²) in [7, 11) is -4.02. The number of halogens is 3. The van der Waals surface area contributed by atoms with E-state index in [0.29, 0.717) is 46.9 Å². The number of benzene rings is 2. The Morgan fingerprint density at radius 1 is 1.05 bits per heavy atom. The molecule has 9 nitrogen and oxygen atoms in total. The Morgan fingerprint density at radius 2 is 1.77 bits per heavy atom. The molecule has 1 aliphatic heterocycles. The monoisotopic (exact) mass is 661 g/mol. The number of aliphatic carboxylic acids is 1. The SMILES string of the molecule is O=C(O)C[C@@H]1O[C@H](c2cccc(Cl)c2)[C@@H](c2ccc(Cl)cc2)N([C@H](CN(c2ncccc2F)S(=O)(=O)C2CC2)C2CC2)C1=O. The predicted molar refractivity (Wildman–Crippen MR) is 162 cm³/mol. The fraction of sp³-hybridized carbons (Fsp3) is 0.387. The van der Waals surface area contributed by atoms with Crippen molar-refractivity contribution in [1.82, 2.24) is 9.88 Å². The van der Waals surface area contributed by atoms with Gasteiger partial charge in [0, 0.05) is 16.2 Å². The lowest BCUT2D eigenvalue weighted by Gasteiger charge is -2.49. The number of rotatable bonds is 11. The summed E-state index contributed by atoms with van der Waals surface area (Å²) >= 11 is 12.6. The first-order chi connectivity index (χ1) is 21.0. The molecule has 44 heavy (non-hydrogen) atoms. The van der Waals surface area contributed by atoms with E-state index in [1.165, 1.54) is 12.3 Å². The molecule has 4 atom stereocenters. The van der Waals surface area contributed by atoms with Gasteiger partial charge >= 0.3 is 5.97 Å². The van der Waals surface area contributed by atoms with E-state index in [2.05, 4.69) is 4.98 Å². The van der Waals surface area contributed by atoms with Crippen LogP contribution in [0.5, 0.6) is 0 Å². The van der Waals surface area contributed by atoms with Crippen molar-refractivity contribution in [3.63, 3.8) is 0 Å². The number of carbonyl (C=O) groups excluding carboxylic acids is 1. The van der Waals surface area contributed by atoms with E-state index in [-0.39, 0.29) is 18.3 Å². The highest BCUT2D eigenvalue weighted by atomic mass is 35.5. The fourth-order valence-corrected chi connectivity index (χ4v) is 8.05. The summed E-state index contributed by atoms with van der Waals surface area (Å²) in [6.07, 6.45) is 0.807. The molecule has 1 amide bonds. The summed E-state index contributed by atoms with van der Waals surface area (Å²) in [6, 6.07) is 14.7. The van der Waals surface area contributed by atoms with Crippen molar-refractivity contribution in [2.24, 2.45) is 5.92 Å². The molecule has 0 unspecified atom stereocenters. The quantitative estimate of drug-likeness (QED) is 0.276. The Labute approximate surface area is 264 Å². The number of ether oxygens (including phenoxy) is 1. The second kappa shape index (κ2) is 12.3. The first kappa shape index (κ1) is 30.8. The van der Waals surface area contributed by atoms with Crippen LogP contribution >= 0.6 is 23.2 Å². The number of sulfonamides is 1. The molecule has 0 bridgehead atoms. The summed E-state index contributed by atoms with van der Waals surface area (Å²) in [5.41, 5.74) is 1.26. The first-order valence-electron chi connectivity index (χ1n) is 14.4. The van der Waals surface area contributed by atoms with Gasteiger partial charge in [0.05, 0.1) is 30.3 Å². The minimum atomic E-state index is -4.02. The molecule has 1 aromatic heterocycles. The molecular weight excluding hydrogens is 632 g/mol. The molecule has 13 heteroatoms. The molecule has 3 fully saturated rings. The van der Waals surface area contributed by atoms with Crippen molar-refractivity contribution in [3.05, 3.63) is 93.8 Å². The maximum Gasteiger partial charge on any atom is 0.306 e. The van der Waals surface area contributed by atoms with Crippen LogP contribution < -0.4 is 4.31 Å². The highest BCUT2D eigenvalue weighted by Gasteiger charge is 2.52. The molecule has 2 saturated carbocycles. The molecule has 2 aliphatic carbocycles. The lowest BCUT2D eigenvalue weighted by atomic mass is 9.89. The number of morpholine rings is 1. The third-order valence-corrected chi connectivity index (χ3v) is 11.0. The van der Waals surface area contributed by atoms with E-state index in [4.69, 9.17) is 27.9 Å². The van der Waals surface area contributed by atoms with Gasteiger partial charge in [-0.1, -0.05) is 47.5 Å². The highest BCUT2D eigenvalue weighted by Crippen LogP contribution is 2.49. The van der Waals surface area contributed by atoms with E-state index in [1.807, 2.05) is 0 Å². The molecule has 2 heterocycles. The van der Waals surface area contributed by atoms with Crippen LogP contribution in [0.3, 0.4) is 0 Å². The number of amides is 1. The average molecular weight is 663 g/mol. The van der Waals surface area contributed by atoms with Gasteiger partial charge in [-0.05, 0) is 79.1 Å². The van der Waals surface area contributed by atoms with Gasteiger partial charge in [0.15, 0.2) is 11.6 Å². The number of nitrogens with zero attached hydrogens (tertiary/aromatic N) is 3. The average Bonchev–Trinajstić information content (AvgIpc) is 3.89. The molecule has 1 N–H and O–H groups in total. The second-order valence-corrected chi connectivity index (χ2v) is 14.4. The number of carbonyl (C=O) groups is 2. The molecule has 1 saturated heterocycles. The Kier molecular flexibility index (Phi) is 8.58. The maximum atomic E-state index is 15.2. The summed E-state index contributed by atoms with van der Waals surface area (Å²) in [5, 5.41) is 9.94. The number of hydrogen-bond donors (Lipinski definition) is 1. The summed E-state index contributed by atoms with van der Waals surface area (Å²) in [6.45, 7) is -0.255. The van der Waals surface area contributed by atoms with Crippen LogP contribution in [-0.2, 0) is 24.3 Å². The number of hydrogen-bond acceptors (Lipinski definition) is 6. The van der Waals surface area contributed by atoms with Crippen LogP contribution in [0.1, 0.15) is 55.4 Å². The standard InChI is InChI=1S/C31H30Cl2FN3O6S/c32-21-10-8-19(9-11-21)28-29(20-3-1-4-22(33)15-20)43-26(16-27(38)39)31(40)37(28)25(18-6-7-18)17-36(44(41,42)23-12-13-23)30-24(34)5-2-14-35-30/h1-5,8-11,14-15,18,23,25-26,28-29H,6-7,12-13,16-17H2,(H,38,39)/t25-,26+,28-,29-/m1/s1. The van der Waals surface area contributed by atoms with Crippen molar-refractivity contribution in [3.8, 4) is 0 Å². The van der Waals surface area contributed by atoms with Gasteiger partial charge in [-0.15, -0.1) is 0 Å². The molecule has 2 aromatic carbocycles. The van der Waals surface area contributed by atoms with Crippen LogP contribution in [0.25, 0.3) is 0 Å². The van der Waals surface area contributed by atoms with Crippen LogP contribution in [0, 0.1) is 11.7 Å². The van der Waals surface area contributed by atoms with Crippen LogP contribution in [-0.4, -0.2) is 59.2 Å². The van der Waals surface area contributed by atoms with Gasteiger partial charge < -0.3 is 14.7 Å². The Morgan fingerprint density at radius 3 is 2.39 bits per heavy atom. The zero-order valence-corrected chi connectivity index (χ0v) is 25.8. The smallest absolute Gasteiger partial charge is 0.306 e. The van der Waals surface area contributed by atoms with Gasteiger partial charge in [-0.25, -0.2) is 22.1 Å².